The van der Waals surface area contributed by atoms with Crippen LogP contribution >= 0.6 is 11.6 Å². The van der Waals surface area contributed by atoms with E-state index in [0.29, 0.717) is 28.0 Å². The number of rotatable bonds is 5. The van der Waals surface area contributed by atoms with Gasteiger partial charge in [0.1, 0.15) is 23.1 Å². The molecule has 174 valence electrons. The molecule has 0 saturated carbocycles. The van der Waals surface area contributed by atoms with Crippen molar-refractivity contribution in [2.24, 2.45) is 0 Å². The Kier molecular flexibility index (Phi) is 6.30. The van der Waals surface area contributed by atoms with Crippen molar-refractivity contribution in [3.05, 3.63) is 99.3 Å². The molecule has 4 rings (SSSR count). The van der Waals surface area contributed by atoms with Crippen LogP contribution in [0.4, 0.5) is 4.39 Å². The molecule has 0 bridgehead atoms. The minimum Gasteiger partial charge on any atom is -0.507 e. The number of halogens is 2. The highest BCUT2D eigenvalue weighted by atomic mass is 35.5. The number of carbonyl (C=O) groups is 2. The van der Waals surface area contributed by atoms with Crippen molar-refractivity contribution in [3.8, 4) is 11.5 Å². The summed E-state index contributed by atoms with van der Waals surface area (Å²) < 4.78 is 18.6. The molecule has 1 fully saturated rings. The van der Waals surface area contributed by atoms with E-state index in [9.17, 15) is 24.2 Å². The molecule has 1 heterocycles. The summed E-state index contributed by atoms with van der Waals surface area (Å²) in [6, 6.07) is 13.9. The van der Waals surface area contributed by atoms with Gasteiger partial charge < -0.3 is 19.8 Å². The number of hydrogen-bond donors (Lipinski definition) is 2. The first-order valence-electron chi connectivity index (χ1n) is 10.4. The van der Waals surface area contributed by atoms with E-state index < -0.39 is 23.5 Å². The molecular weight excluding hydrogens is 461 g/mol. The van der Waals surface area contributed by atoms with Crippen molar-refractivity contribution in [1.82, 2.24) is 4.90 Å². The van der Waals surface area contributed by atoms with E-state index in [1.807, 2.05) is 0 Å². The number of aryl methyl sites for hydroxylation is 1. The highest BCUT2D eigenvalue weighted by Crippen LogP contribution is 2.42. The lowest BCUT2D eigenvalue weighted by Gasteiger charge is -2.26. The second-order valence-corrected chi connectivity index (χ2v) is 8.35. The Labute approximate surface area is 200 Å². The molecule has 34 heavy (non-hydrogen) atoms. The Hall–Kier alpha value is -3.84. The summed E-state index contributed by atoms with van der Waals surface area (Å²) in [5.74, 6) is -2.02. The van der Waals surface area contributed by atoms with E-state index in [-0.39, 0.29) is 28.6 Å². The normalized spacial score (nSPS) is 17.3. The van der Waals surface area contributed by atoms with Crippen LogP contribution in [-0.2, 0) is 16.1 Å². The third-order valence-electron chi connectivity index (χ3n) is 5.78. The quantitative estimate of drug-likeness (QED) is 0.300. The molecule has 1 saturated heterocycles. The van der Waals surface area contributed by atoms with Crippen LogP contribution in [0.25, 0.3) is 5.76 Å². The Bertz CT molecular complexity index is 1320. The van der Waals surface area contributed by atoms with Crippen LogP contribution in [0.2, 0.25) is 5.02 Å². The zero-order valence-electron chi connectivity index (χ0n) is 18.4. The second-order valence-electron chi connectivity index (χ2n) is 7.95. The van der Waals surface area contributed by atoms with Crippen LogP contribution in [0.3, 0.4) is 0 Å². The molecule has 2 N–H and O–H groups in total. The number of nitrogens with zero attached hydrogens (tertiary/aromatic N) is 1. The number of methoxy groups -OCH3 is 1. The first kappa shape index (κ1) is 23.3. The van der Waals surface area contributed by atoms with Gasteiger partial charge in [-0.3, -0.25) is 9.59 Å². The highest BCUT2D eigenvalue weighted by Gasteiger charge is 2.46. The maximum absolute atomic E-state index is 13.4. The summed E-state index contributed by atoms with van der Waals surface area (Å²) in [5.41, 5.74) is 1.93. The fraction of sp³-hybridized carbons (Fsp3) is 0.154. The van der Waals surface area contributed by atoms with E-state index in [1.165, 1.54) is 54.5 Å². The standard InChI is InChI=1S/C26H21ClFNO5/c1-14-11-18(34-2)8-9-19(14)24(31)22-23(16-5-10-21(30)20(27)12-16)29(26(33)25(22)32)13-15-3-6-17(28)7-4-15/h3-12,23,30-31H,13H2,1-2H3/b24-22-. The molecule has 1 unspecified atom stereocenters. The molecule has 1 amide bonds. The topological polar surface area (TPSA) is 87.1 Å². The molecule has 0 spiro atoms. The fourth-order valence-electron chi connectivity index (χ4n) is 4.04. The van der Waals surface area contributed by atoms with E-state index >= 15 is 0 Å². The molecule has 6 nitrogen and oxygen atoms in total. The molecule has 3 aromatic rings. The summed E-state index contributed by atoms with van der Waals surface area (Å²) in [6.45, 7) is 1.74. The molecular formula is C26H21ClFNO5. The number of ether oxygens (including phenoxy) is 1. The van der Waals surface area contributed by atoms with E-state index in [4.69, 9.17) is 16.3 Å². The van der Waals surface area contributed by atoms with Crippen molar-refractivity contribution in [2.75, 3.05) is 7.11 Å². The number of benzene rings is 3. The minimum atomic E-state index is -0.982. The molecule has 1 atom stereocenters. The summed E-state index contributed by atoms with van der Waals surface area (Å²) >= 11 is 6.12. The number of hydrogen-bond acceptors (Lipinski definition) is 5. The molecule has 1 aliphatic heterocycles. The van der Waals surface area contributed by atoms with Crippen LogP contribution < -0.4 is 4.74 Å². The maximum atomic E-state index is 13.4. The van der Waals surface area contributed by atoms with Gasteiger partial charge in [-0.1, -0.05) is 29.8 Å². The van der Waals surface area contributed by atoms with Gasteiger partial charge in [-0.25, -0.2) is 4.39 Å². The SMILES string of the molecule is COc1ccc(/C(O)=C2/C(=O)C(=O)N(Cc3ccc(F)cc3)C2c2ccc(O)c(Cl)c2)c(C)c1. The zero-order chi connectivity index (χ0) is 24.6. The number of amides is 1. The lowest BCUT2D eigenvalue weighted by atomic mass is 9.93. The highest BCUT2D eigenvalue weighted by molar-refractivity contribution is 6.46. The number of aromatic hydroxyl groups is 1. The van der Waals surface area contributed by atoms with Crippen molar-refractivity contribution < 1.29 is 28.9 Å². The van der Waals surface area contributed by atoms with Crippen molar-refractivity contribution in [1.29, 1.82) is 0 Å². The molecule has 3 aromatic carbocycles. The van der Waals surface area contributed by atoms with E-state index in [2.05, 4.69) is 0 Å². The first-order chi connectivity index (χ1) is 16.2. The lowest BCUT2D eigenvalue weighted by Crippen LogP contribution is -2.29. The smallest absolute Gasteiger partial charge is 0.295 e. The summed E-state index contributed by atoms with van der Waals surface area (Å²) in [7, 11) is 1.52. The number of Topliss-reactive ketones (excluding diaryl/α,β-unsaturated/α-hetero) is 1. The van der Waals surface area contributed by atoms with Gasteiger partial charge in [0.2, 0.25) is 0 Å². The van der Waals surface area contributed by atoms with Crippen LogP contribution in [-0.4, -0.2) is 33.9 Å². The number of phenols is 1. The molecule has 1 aliphatic rings. The van der Waals surface area contributed by atoms with Crippen LogP contribution in [0.15, 0.2) is 66.2 Å². The van der Waals surface area contributed by atoms with Gasteiger partial charge in [0, 0.05) is 12.1 Å². The van der Waals surface area contributed by atoms with Crippen molar-refractivity contribution >= 4 is 29.1 Å². The largest absolute Gasteiger partial charge is 0.507 e. The average Bonchev–Trinajstić information content (AvgIpc) is 3.06. The van der Waals surface area contributed by atoms with Gasteiger partial charge in [0.15, 0.2) is 0 Å². The minimum absolute atomic E-state index is 0.00755. The van der Waals surface area contributed by atoms with E-state index in [0.717, 1.165) is 0 Å². The molecule has 0 radical (unpaired) electrons. The van der Waals surface area contributed by atoms with Gasteiger partial charge in [-0.2, -0.15) is 0 Å². The number of phenolic OH excluding ortho intramolecular Hbond substituents is 1. The van der Waals surface area contributed by atoms with Gasteiger partial charge in [-0.05, 0) is 66.1 Å². The fourth-order valence-corrected chi connectivity index (χ4v) is 4.23. The van der Waals surface area contributed by atoms with Gasteiger partial charge in [-0.15, -0.1) is 0 Å². The lowest BCUT2D eigenvalue weighted by molar-refractivity contribution is -0.140. The number of ketones is 1. The predicted molar refractivity (Wildman–Crippen MR) is 125 cm³/mol. The Balaban J connectivity index is 1.89. The zero-order valence-corrected chi connectivity index (χ0v) is 19.1. The van der Waals surface area contributed by atoms with Gasteiger partial charge in [0.05, 0.1) is 23.7 Å². The third kappa shape index (κ3) is 4.22. The van der Waals surface area contributed by atoms with E-state index in [1.54, 1.807) is 25.1 Å². The molecule has 0 aromatic heterocycles. The third-order valence-corrected chi connectivity index (χ3v) is 6.09. The second kappa shape index (κ2) is 9.19. The van der Waals surface area contributed by atoms with Crippen molar-refractivity contribution in [3.63, 3.8) is 0 Å². The Morgan fingerprint density at radius 3 is 2.41 bits per heavy atom. The predicted octanol–water partition coefficient (Wildman–Crippen LogP) is 5.12. The summed E-state index contributed by atoms with van der Waals surface area (Å²) in [5, 5.41) is 21.1. The number of aliphatic hydroxyl groups is 1. The van der Waals surface area contributed by atoms with Crippen LogP contribution in [0.1, 0.15) is 28.3 Å². The number of aliphatic hydroxyl groups excluding tert-OH is 1. The Morgan fingerprint density at radius 2 is 1.79 bits per heavy atom. The average molecular weight is 482 g/mol. The first-order valence-corrected chi connectivity index (χ1v) is 10.8. The molecule has 8 heteroatoms. The van der Waals surface area contributed by atoms with Crippen LogP contribution in [0.5, 0.6) is 11.5 Å². The Morgan fingerprint density at radius 1 is 1.09 bits per heavy atom. The van der Waals surface area contributed by atoms with Gasteiger partial charge in [0.25, 0.3) is 11.7 Å². The number of likely N-dealkylation sites (tertiary alicyclic amines) is 1. The van der Waals surface area contributed by atoms with Crippen LogP contribution in [0, 0.1) is 12.7 Å². The summed E-state index contributed by atoms with van der Waals surface area (Å²) in [4.78, 5) is 27.6. The number of carbonyl (C=O) groups excluding carboxylic acids is 2. The van der Waals surface area contributed by atoms with Gasteiger partial charge >= 0.3 is 0 Å². The summed E-state index contributed by atoms with van der Waals surface area (Å²) in [6.07, 6.45) is 0. The van der Waals surface area contributed by atoms with Crippen molar-refractivity contribution in [2.45, 2.75) is 19.5 Å². The maximum Gasteiger partial charge on any atom is 0.295 e. The molecule has 0 aliphatic carbocycles. The monoisotopic (exact) mass is 481 g/mol.